The Hall–Kier alpha value is 0.394. The van der Waals surface area contributed by atoms with Gasteiger partial charge in [0.15, 0.2) is 0 Å². The van der Waals surface area contributed by atoms with Crippen molar-refractivity contribution in [2.45, 2.75) is 12.2 Å². The molecule has 0 aliphatic carbocycles. The van der Waals surface area contributed by atoms with Crippen LogP contribution in [0, 0.1) is 0 Å². The van der Waals surface area contributed by atoms with Crippen LogP contribution in [0.1, 0.15) is 0 Å². The summed E-state index contributed by atoms with van der Waals surface area (Å²) in [5.74, 6) is 0. The van der Waals surface area contributed by atoms with Crippen molar-refractivity contribution in [3.63, 3.8) is 0 Å². The van der Waals surface area contributed by atoms with Gasteiger partial charge in [-0.2, -0.15) is 0 Å². The van der Waals surface area contributed by atoms with Crippen molar-refractivity contribution in [2.75, 3.05) is 14.1 Å². The van der Waals surface area contributed by atoms with Crippen molar-refractivity contribution in [2.24, 2.45) is 0 Å². The zero-order valence-corrected chi connectivity index (χ0v) is 8.89. The summed E-state index contributed by atoms with van der Waals surface area (Å²) in [5, 5.41) is 0. The Morgan fingerprint density at radius 2 is 2.00 bits per heavy atom. The Labute approximate surface area is 50.8 Å². The molecule has 0 bridgehead atoms. The second-order valence-electron chi connectivity index (χ2n) is 2.22. The molecule has 44 valence electrons. The lowest BCUT2D eigenvalue weighted by atomic mass is 11.3. The molecule has 7 heavy (non-hydrogen) atoms. The van der Waals surface area contributed by atoms with Crippen molar-refractivity contribution >= 4 is 19.2 Å². The lowest BCUT2D eigenvalue weighted by Crippen LogP contribution is -2.28. The van der Waals surface area contributed by atoms with Gasteiger partial charge >= 0.3 is 0 Å². The fourth-order valence-electron chi connectivity index (χ4n) is 0.365. The standard InChI is InChI=1S/C4H15NSi2/c1-5(2)7(3)4-6/h7H,4H2,1-3,6H3. The fourth-order valence-corrected chi connectivity index (χ4v) is 3.29. The van der Waals surface area contributed by atoms with E-state index in [0.29, 0.717) is 0 Å². The molecule has 0 rings (SSSR count). The lowest BCUT2D eigenvalue weighted by molar-refractivity contribution is 0.646. The van der Waals surface area contributed by atoms with Crippen LogP contribution in [0.15, 0.2) is 0 Å². The smallest absolute Gasteiger partial charge is 0.104 e. The summed E-state index contributed by atoms with van der Waals surface area (Å²) in [6.45, 7) is 2.40. The summed E-state index contributed by atoms with van der Waals surface area (Å²) in [7, 11) is 5.41. The summed E-state index contributed by atoms with van der Waals surface area (Å²) in [4.78, 5) is 0. The number of rotatable bonds is 2. The zero-order chi connectivity index (χ0) is 5.86. The molecule has 1 unspecified atom stereocenters. The van der Waals surface area contributed by atoms with Gasteiger partial charge in [-0.05, 0) is 14.1 Å². The predicted octanol–water partition coefficient (Wildman–Crippen LogP) is -0.776. The predicted molar refractivity (Wildman–Crippen MR) is 41.4 cm³/mol. The highest BCUT2D eigenvalue weighted by molar-refractivity contribution is 6.61. The van der Waals surface area contributed by atoms with E-state index >= 15 is 0 Å². The SMILES string of the molecule is CN(C)[SiH](C)C[SiH3]. The van der Waals surface area contributed by atoms with Crippen molar-refractivity contribution < 1.29 is 0 Å². The third kappa shape index (κ3) is 3.02. The highest BCUT2D eigenvalue weighted by Crippen LogP contribution is 1.87. The molecule has 0 radical (unpaired) electrons. The van der Waals surface area contributed by atoms with Crippen LogP contribution in [0.4, 0.5) is 0 Å². The van der Waals surface area contributed by atoms with Crippen molar-refractivity contribution in [3.8, 4) is 0 Å². The van der Waals surface area contributed by atoms with Crippen LogP contribution in [0.2, 0.25) is 12.2 Å². The van der Waals surface area contributed by atoms with E-state index in [1.54, 1.807) is 0 Å². The van der Waals surface area contributed by atoms with Gasteiger partial charge in [0, 0.05) is 10.2 Å². The molecule has 0 saturated carbocycles. The van der Waals surface area contributed by atoms with E-state index in [-0.39, 0.29) is 8.96 Å². The van der Waals surface area contributed by atoms with Crippen molar-refractivity contribution in [1.82, 2.24) is 4.57 Å². The Kier molecular flexibility index (Phi) is 3.59. The van der Waals surface area contributed by atoms with Crippen LogP contribution in [0.3, 0.4) is 0 Å². The molecule has 0 heterocycles. The number of nitrogens with zero attached hydrogens (tertiary/aromatic N) is 1. The Morgan fingerprint density at radius 1 is 1.57 bits per heavy atom. The van der Waals surface area contributed by atoms with Gasteiger partial charge in [-0.25, -0.2) is 0 Å². The van der Waals surface area contributed by atoms with E-state index in [0.717, 1.165) is 0 Å². The minimum Gasteiger partial charge on any atom is -0.332 e. The topological polar surface area (TPSA) is 3.24 Å². The highest BCUT2D eigenvalue weighted by Gasteiger charge is 1.99. The van der Waals surface area contributed by atoms with Gasteiger partial charge in [-0.3, -0.25) is 0 Å². The number of hydrogen-bond donors (Lipinski definition) is 0. The molecule has 0 aromatic carbocycles. The maximum atomic E-state index is 2.40. The maximum absolute atomic E-state index is 2.40. The second-order valence-corrected chi connectivity index (χ2v) is 8.22. The van der Waals surface area contributed by atoms with Gasteiger partial charge in [0.25, 0.3) is 0 Å². The molecule has 0 aromatic heterocycles. The Balaban J connectivity index is 3.14. The van der Waals surface area contributed by atoms with Gasteiger partial charge in [0.1, 0.15) is 8.96 Å². The van der Waals surface area contributed by atoms with Gasteiger partial charge < -0.3 is 4.57 Å². The highest BCUT2D eigenvalue weighted by atomic mass is 28.3. The molecule has 3 heteroatoms. The molecule has 1 nitrogen and oxygen atoms in total. The molecular formula is C4H15NSi2. The third-order valence-corrected chi connectivity index (χ3v) is 7.96. The average Bonchev–Trinajstić information content (AvgIpc) is 1.65. The fraction of sp³-hybridized carbons (Fsp3) is 1.00. The molecule has 0 N–H and O–H groups in total. The summed E-state index contributed by atoms with van der Waals surface area (Å²) in [6, 6.07) is 0. The van der Waals surface area contributed by atoms with E-state index in [2.05, 4.69) is 25.2 Å². The molecule has 0 aliphatic rings. The summed E-state index contributed by atoms with van der Waals surface area (Å²) < 4.78 is 2.40. The molecule has 0 aliphatic heterocycles. The number of hydrogen-bond acceptors (Lipinski definition) is 1. The molecule has 0 aromatic rings. The lowest BCUT2D eigenvalue weighted by Gasteiger charge is -2.14. The molecule has 0 saturated heterocycles. The van der Waals surface area contributed by atoms with Gasteiger partial charge in [-0.1, -0.05) is 12.2 Å². The molecule has 0 amide bonds. The molecule has 0 spiro atoms. The summed E-state index contributed by atoms with van der Waals surface area (Å²) in [6.07, 6.45) is 0. The second kappa shape index (κ2) is 3.40. The first-order valence-corrected chi connectivity index (χ1v) is 6.75. The van der Waals surface area contributed by atoms with Crippen molar-refractivity contribution in [1.29, 1.82) is 0 Å². The first kappa shape index (κ1) is 7.39. The Bertz CT molecular complexity index is 47.0. The molecular weight excluding hydrogens is 118 g/mol. The minimum absolute atomic E-state index is 0.360. The van der Waals surface area contributed by atoms with Crippen LogP contribution >= 0.6 is 0 Å². The van der Waals surface area contributed by atoms with Crippen LogP contribution in [-0.2, 0) is 0 Å². The van der Waals surface area contributed by atoms with Crippen LogP contribution in [0.25, 0.3) is 0 Å². The van der Waals surface area contributed by atoms with Crippen LogP contribution in [0.5, 0.6) is 0 Å². The summed E-state index contributed by atoms with van der Waals surface area (Å²) >= 11 is 0. The normalized spacial score (nSPS) is 15.4. The van der Waals surface area contributed by atoms with Crippen LogP contribution < -0.4 is 0 Å². The third-order valence-electron chi connectivity index (χ3n) is 1.47. The monoisotopic (exact) mass is 133 g/mol. The van der Waals surface area contributed by atoms with Gasteiger partial charge in [-0.15, -0.1) is 0 Å². The van der Waals surface area contributed by atoms with Gasteiger partial charge in [0.2, 0.25) is 0 Å². The van der Waals surface area contributed by atoms with Crippen LogP contribution in [-0.4, -0.2) is 37.9 Å². The first-order chi connectivity index (χ1) is 3.18. The Morgan fingerprint density at radius 3 is 2.00 bits per heavy atom. The maximum Gasteiger partial charge on any atom is 0.104 e. The molecule has 1 atom stereocenters. The molecule has 0 fully saturated rings. The van der Waals surface area contributed by atoms with Gasteiger partial charge in [0.05, 0.1) is 0 Å². The largest absolute Gasteiger partial charge is 0.332 e. The van der Waals surface area contributed by atoms with E-state index in [9.17, 15) is 0 Å². The summed E-state index contributed by atoms with van der Waals surface area (Å²) in [5.41, 5.74) is 1.52. The van der Waals surface area contributed by atoms with E-state index in [4.69, 9.17) is 0 Å². The zero-order valence-electron chi connectivity index (χ0n) is 5.73. The van der Waals surface area contributed by atoms with E-state index in [1.807, 2.05) is 0 Å². The first-order valence-electron chi connectivity index (χ1n) is 2.85. The average molecular weight is 133 g/mol. The van der Waals surface area contributed by atoms with E-state index < -0.39 is 0 Å². The minimum atomic E-state index is -0.360. The van der Waals surface area contributed by atoms with E-state index in [1.165, 1.54) is 15.9 Å². The quantitative estimate of drug-likeness (QED) is 0.447. The van der Waals surface area contributed by atoms with Crippen molar-refractivity contribution in [3.05, 3.63) is 0 Å².